The molecule has 4 unspecified atom stereocenters. The molecule has 5 heteroatoms. The molecule has 31 heavy (non-hydrogen) atoms. The molecule has 0 amide bonds. The van der Waals surface area contributed by atoms with Crippen molar-refractivity contribution in [3.63, 3.8) is 0 Å². The zero-order valence-corrected chi connectivity index (χ0v) is 18.6. The molecular formula is C26H35N5. The number of hydrogen-bond donors (Lipinski definition) is 2. The highest BCUT2D eigenvalue weighted by molar-refractivity contribution is 5.87. The molecule has 1 aromatic carbocycles. The Morgan fingerprint density at radius 2 is 1.94 bits per heavy atom. The van der Waals surface area contributed by atoms with Crippen molar-refractivity contribution in [2.24, 2.45) is 17.8 Å². The minimum atomic E-state index is 0.600. The fraction of sp³-hybridized carbons (Fsp3) is 0.538. The van der Waals surface area contributed by atoms with Crippen LogP contribution in [0.3, 0.4) is 0 Å². The van der Waals surface area contributed by atoms with Gasteiger partial charge in [0.1, 0.15) is 17.8 Å². The lowest BCUT2D eigenvalue weighted by atomic mass is 9.99. The van der Waals surface area contributed by atoms with E-state index in [1.165, 1.54) is 44.1 Å². The van der Waals surface area contributed by atoms with Gasteiger partial charge in [-0.25, -0.2) is 9.97 Å². The van der Waals surface area contributed by atoms with Gasteiger partial charge in [-0.2, -0.15) is 0 Å². The lowest BCUT2D eigenvalue weighted by Gasteiger charge is -2.15. The fourth-order valence-corrected chi connectivity index (χ4v) is 5.77. The maximum Gasteiger partial charge on any atom is 0.145 e. The van der Waals surface area contributed by atoms with Crippen molar-refractivity contribution >= 4 is 16.9 Å². The fourth-order valence-electron chi connectivity index (χ4n) is 5.77. The molecule has 4 atom stereocenters. The van der Waals surface area contributed by atoms with Gasteiger partial charge in [-0.05, 0) is 87.4 Å². The molecule has 2 aliphatic rings. The molecule has 5 rings (SSSR count). The quantitative estimate of drug-likeness (QED) is 0.453. The van der Waals surface area contributed by atoms with Gasteiger partial charge in [0.05, 0.1) is 5.39 Å². The maximum absolute atomic E-state index is 4.58. The number of hydrogen-bond acceptors (Lipinski definition) is 4. The molecule has 0 aliphatic heterocycles. The third kappa shape index (κ3) is 4.62. The van der Waals surface area contributed by atoms with E-state index in [4.69, 9.17) is 0 Å². The van der Waals surface area contributed by atoms with E-state index in [2.05, 4.69) is 67.8 Å². The molecule has 0 saturated heterocycles. The minimum Gasteiger partial charge on any atom is -0.372 e. The van der Waals surface area contributed by atoms with Gasteiger partial charge in [0, 0.05) is 19.3 Å². The van der Waals surface area contributed by atoms with Crippen molar-refractivity contribution in [1.82, 2.24) is 19.9 Å². The van der Waals surface area contributed by atoms with Crippen LogP contribution in [0.5, 0.6) is 0 Å². The smallest absolute Gasteiger partial charge is 0.145 e. The predicted molar refractivity (Wildman–Crippen MR) is 127 cm³/mol. The highest BCUT2D eigenvalue weighted by Gasteiger charge is 2.45. The van der Waals surface area contributed by atoms with Crippen LogP contribution in [0.1, 0.15) is 50.1 Å². The van der Waals surface area contributed by atoms with E-state index in [-0.39, 0.29) is 0 Å². The van der Waals surface area contributed by atoms with Gasteiger partial charge in [0.25, 0.3) is 0 Å². The third-order valence-electron chi connectivity index (χ3n) is 7.53. The first-order chi connectivity index (χ1) is 15.3. The van der Waals surface area contributed by atoms with Crippen molar-refractivity contribution in [2.45, 2.75) is 51.0 Å². The Balaban J connectivity index is 1.04. The van der Waals surface area contributed by atoms with Crippen LogP contribution in [-0.4, -0.2) is 34.7 Å². The van der Waals surface area contributed by atoms with Crippen molar-refractivity contribution < 1.29 is 0 Å². The number of nitrogens with zero attached hydrogens (tertiary/aromatic N) is 3. The van der Waals surface area contributed by atoms with E-state index < -0.39 is 0 Å². The van der Waals surface area contributed by atoms with Gasteiger partial charge in [0.2, 0.25) is 0 Å². The molecule has 2 aliphatic carbocycles. The van der Waals surface area contributed by atoms with E-state index in [0.29, 0.717) is 6.04 Å². The molecule has 2 heterocycles. The van der Waals surface area contributed by atoms with E-state index in [1.807, 2.05) is 7.05 Å². The van der Waals surface area contributed by atoms with Gasteiger partial charge < -0.3 is 15.2 Å². The van der Waals surface area contributed by atoms with Crippen molar-refractivity contribution in [1.29, 1.82) is 0 Å². The summed E-state index contributed by atoms with van der Waals surface area (Å²) in [7, 11) is 1.93. The van der Waals surface area contributed by atoms with E-state index in [1.54, 1.807) is 6.33 Å². The first-order valence-electron chi connectivity index (χ1n) is 12.1. The Bertz CT molecular complexity index is 982. The molecule has 5 nitrogen and oxygen atoms in total. The van der Waals surface area contributed by atoms with Crippen LogP contribution in [-0.2, 0) is 6.42 Å². The summed E-state index contributed by atoms with van der Waals surface area (Å²) in [6, 6.07) is 13.5. The van der Waals surface area contributed by atoms with Gasteiger partial charge in [-0.3, -0.25) is 0 Å². The predicted octanol–water partition coefficient (Wildman–Crippen LogP) is 5.06. The van der Waals surface area contributed by atoms with Crippen LogP contribution >= 0.6 is 0 Å². The molecule has 2 saturated carbocycles. The molecule has 0 spiro atoms. The second-order valence-electron chi connectivity index (χ2n) is 9.45. The summed E-state index contributed by atoms with van der Waals surface area (Å²) in [4.78, 5) is 8.93. The molecule has 2 N–H and O–H groups in total. The topological polar surface area (TPSA) is 54.8 Å². The van der Waals surface area contributed by atoms with Crippen molar-refractivity contribution in [3.05, 3.63) is 54.5 Å². The van der Waals surface area contributed by atoms with Gasteiger partial charge in [-0.15, -0.1) is 0 Å². The second kappa shape index (κ2) is 9.39. The van der Waals surface area contributed by atoms with Crippen LogP contribution in [0.25, 0.3) is 11.0 Å². The summed E-state index contributed by atoms with van der Waals surface area (Å²) in [5.41, 5.74) is 2.51. The molecule has 3 aromatic rings. The van der Waals surface area contributed by atoms with E-state index in [9.17, 15) is 0 Å². The lowest BCUT2D eigenvalue weighted by Crippen LogP contribution is -2.18. The number of rotatable bonds is 10. The molecule has 2 fully saturated rings. The zero-order chi connectivity index (χ0) is 21.0. The number of aromatic nitrogens is 3. The monoisotopic (exact) mass is 417 g/mol. The summed E-state index contributed by atoms with van der Waals surface area (Å²) in [5, 5.41) is 7.96. The molecule has 0 bridgehead atoms. The highest BCUT2D eigenvalue weighted by atomic mass is 15.1. The average molecular weight is 418 g/mol. The molecule has 2 aromatic heterocycles. The molecular weight excluding hydrogens is 382 g/mol. The normalized spacial score (nSPS) is 25.2. The van der Waals surface area contributed by atoms with Gasteiger partial charge >= 0.3 is 0 Å². The van der Waals surface area contributed by atoms with Crippen LogP contribution in [0.2, 0.25) is 0 Å². The summed E-state index contributed by atoms with van der Waals surface area (Å²) >= 11 is 0. The van der Waals surface area contributed by atoms with Crippen molar-refractivity contribution in [2.75, 3.05) is 25.5 Å². The average Bonchev–Trinajstić information content (AvgIpc) is 3.20. The van der Waals surface area contributed by atoms with Crippen LogP contribution < -0.4 is 10.6 Å². The van der Waals surface area contributed by atoms with Crippen LogP contribution in [0, 0.1) is 17.8 Å². The van der Waals surface area contributed by atoms with Crippen molar-refractivity contribution in [3.8, 4) is 0 Å². The van der Waals surface area contributed by atoms with Crippen LogP contribution in [0.15, 0.2) is 48.9 Å². The standard InChI is InChI=1S/C26H35N5/c1-27-25-23-12-15-31(26(23)30-18-29-25)22-10-9-21(16-22)24-17-20(24)8-5-13-28-14-11-19-6-3-2-4-7-19/h2-4,6-7,12,15,18,20-22,24,28H,5,8-11,13-14,16-17H2,1H3,(H,27,29,30). The summed E-state index contributed by atoms with van der Waals surface area (Å²) in [6.45, 7) is 2.25. The Morgan fingerprint density at radius 1 is 1.03 bits per heavy atom. The first kappa shape index (κ1) is 20.5. The second-order valence-corrected chi connectivity index (χ2v) is 9.45. The SMILES string of the molecule is CNc1ncnc2c1ccn2C1CCC(C2CC2CCCNCCc2ccccc2)C1. The van der Waals surface area contributed by atoms with E-state index >= 15 is 0 Å². The van der Waals surface area contributed by atoms with Gasteiger partial charge in [0.15, 0.2) is 0 Å². The lowest BCUT2D eigenvalue weighted by molar-refractivity contribution is 0.412. The summed E-state index contributed by atoms with van der Waals surface area (Å²) < 4.78 is 2.41. The zero-order valence-electron chi connectivity index (χ0n) is 18.6. The largest absolute Gasteiger partial charge is 0.372 e. The summed E-state index contributed by atoms with van der Waals surface area (Å²) in [5.74, 6) is 3.78. The highest BCUT2D eigenvalue weighted by Crippen LogP contribution is 2.54. The summed E-state index contributed by atoms with van der Waals surface area (Å²) in [6.07, 6.45) is 13.2. The number of benzene rings is 1. The maximum atomic E-state index is 4.58. The number of anilines is 1. The minimum absolute atomic E-state index is 0.600. The third-order valence-corrected chi connectivity index (χ3v) is 7.53. The Labute approximate surface area is 185 Å². The van der Waals surface area contributed by atoms with E-state index in [0.717, 1.165) is 54.1 Å². The van der Waals surface area contributed by atoms with Crippen LogP contribution in [0.4, 0.5) is 5.82 Å². The van der Waals surface area contributed by atoms with Gasteiger partial charge in [-0.1, -0.05) is 30.3 Å². The molecule has 0 radical (unpaired) electrons. The Kier molecular flexibility index (Phi) is 6.21. The molecule has 164 valence electrons. The number of fused-ring (bicyclic) bond motifs is 1. The Morgan fingerprint density at radius 3 is 2.81 bits per heavy atom. The number of nitrogens with one attached hydrogen (secondary N) is 2. The first-order valence-corrected chi connectivity index (χ1v) is 12.1. The Hall–Kier alpha value is -2.40.